The first-order valence-electron chi connectivity index (χ1n) is 9.84. The molecule has 1 N–H and O–H groups in total. The topological polar surface area (TPSA) is 48.1 Å². The predicted octanol–water partition coefficient (Wildman–Crippen LogP) is 1.62. The van der Waals surface area contributed by atoms with Crippen molar-refractivity contribution in [1.29, 1.82) is 0 Å². The number of urea groups is 1. The van der Waals surface area contributed by atoms with Crippen LogP contribution >= 0.6 is 0 Å². The maximum Gasteiger partial charge on any atom is 0.317 e. The highest BCUT2D eigenvalue weighted by Gasteiger charge is 2.21. The number of piperazine rings is 1. The second kappa shape index (κ2) is 9.90. The lowest BCUT2D eigenvalue weighted by molar-refractivity contribution is -0.00347. The molecular weight excluding hydrogens is 328 g/mol. The van der Waals surface area contributed by atoms with Crippen LogP contribution in [0.25, 0.3) is 0 Å². The Hall–Kier alpha value is -1.63. The van der Waals surface area contributed by atoms with E-state index in [0.717, 1.165) is 52.2 Å². The first kappa shape index (κ1) is 19.1. The maximum absolute atomic E-state index is 12.2. The minimum atomic E-state index is 0.0489. The molecule has 2 amide bonds. The highest BCUT2D eigenvalue weighted by atomic mass is 16.5. The van der Waals surface area contributed by atoms with E-state index < -0.39 is 0 Å². The van der Waals surface area contributed by atoms with Gasteiger partial charge in [0.1, 0.15) is 0 Å². The van der Waals surface area contributed by atoms with E-state index in [1.807, 2.05) is 11.8 Å². The number of hydrogen-bond donors (Lipinski definition) is 1. The fraction of sp³-hybridized carbons (Fsp3) is 0.650. The van der Waals surface area contributed by atoms with Crippen LogP contribution in [0.1, 0.15) is 18.9 Å². The van der Waals surface area contributed by atoms with E-state index in [-0.39, 0.29) is 12.1 Å². The minimum Gasteiger partial charge on any atom is -0.375 e. The van der Waals surface area contributed by atoms with E-state index in [1.54, 1.807) is 0 Å². The summed E-state index contributed by atoms with van der Waals surface area (Å²) in [5, 5.41) is 3.05. The molecule has 3 rings (SSSR count). The number of nitrogens with zero attached hydrogens (tertiary/aromatic N) is 3. The molecule has 144 valence electrons. The number of hydrogen-bond acceptors (Lipinski definition) is 4. The van der Waals surface area contributed by atoms with Crippen molar-refractivity contribution in [2.75, 3.05) is 59.0 Å². The molecule has 2 aliphatic rings. The maximum atomic E-state index is 12.2. The van der Waals surface area contributed by atoms with Crippen molar-refractivity contribution in [3.05, 3.63) is 35.9 Å². The summed E-state index contributed by atoms with van der Waals surface area (Å²) in [5.41, 5.74) is 1.39. The third-order valence-corrected chi connectivity index (χ3v) is 5.17. The number of benzene rings is 1. The van der Waals surface area contributed by atoms with Crippen molar-refractivity contribution in [2.24, 2.45) is 0 Å². The summed E-state index contributed by atoms with van der Waals surface area (Å²) in [7, 11) is 0. The molecule has 6 heteroatoms. The summed E-state index contributed by atoms with van der Waals surface area (Å²) in [6.45, 7) is 11.3. The van der Waals surface area contributed by atoms with E-state index >= 15 is 0 Å². The van der Waals surface area contributed by atoms with Gasteiger partial charge in [-0.3, -0.25) is 4.90 Å². The zero-order chi connectivity index (χ0) is 18.2. The van der Waals surface area contributed by atoms with Crippen LogP contribution in [0, 0.1) is 0 Å². The zero-order valence-corrected chi connectivity index (χ0v) is 15.9. The van der Waals surface area contributed by atoms with Crippen molar-refractivity contribution in [2.45, 2.75) is 26.0 Å². The highest BCUT2D eigenvalue weighted by molar-refractivity contribution is 5.74. The van der Waals surface area contributed by atoms with Crippen molar-refractivity contribution >= 4 is 6.03 Å². The zero-order valence-electron chi connectivity index (χ0n) is 15.9. The number of morpholine rings is 1. The van der Waals surface area contributed by atoms with Crippen LogP contribution in [0.2, 0.25) is 0 Å². The summed E-state index contributed by atoms with van der Waals surface area (Å²) in [5.74, 6) is 0. The summed E-state index contributed by atoms with van der Waals surface area (Å²) < 4.78 is 5.48. The Morgan fingerprint density at radius 2 is 1.85 bits per heavy atom. The summed E-state index contributed by atoms with van der Waals surface area (Å²) in [4.78, 5) is 19.0. The van der Waals surface area contributed by atoms with Gasteiger partial charge in [-0.2, -0.15) is 0 Å². The summed E-state index contributed by atoms with van der Waals surface area (Å²) in [6, 6.07) is 10.7. The number of carbonyl (C=O) groups excluding carboxylic acids is 1. The second-order valence-corrected chi connectivity index (χ2v) is 7.32. The molecule has 26 heavy (non-hydrogen) atoms. The number of ether oxygens (including phenoxy) is 1. The first-order valence-corrected chi connectivity index (χ1v) is 9.84. The first-order chi connectivity index (χ1) is 12.7. The van der Waals surface area contributed by atoms with Crippen molar-refractivity contribution in [3.8, 4) is 0 Å². The number of rotatable bonds is 6. The third-order valence-electron chi connectivity index (χ3n) is 5.17. The smallest absolute Gasteiger partial charge is 0.317 e. The summed E-state index contributed by atoms with van der Waals surface area (Å²) in [6.07, 6.45) is 1.14. The fourth-order valence-electron chi connectivity index (χ4n) is 3.63. The molecule has 2 aliphatic heterocycles. The van der Waals surface area contributed by atoms with Gasteiger partial charge in [0.05, 0.1) is 12.7 Å². The SMILES string of the molecule is CC1CN(C(=O)NCCCN2CCN(Cc3ccccc3)CC2)CCO1. The molecule has 0 aromatic heterocycles. The van der Waals surface area contributed by atoms with Crippen LogP contribution in [0.4, 0.5) is 4.79 Å². The normalized spacial score (nSPS) is 22.3. The molecule has 6 nitrogen and oxygen atoms in total. The monoisotopic (exact) mass is 360 g/mol. The lowest BCUT2D eigenvalue weighted by atomic mass is 10.2. The van der Waals surface area contributed by atoms with Gasteiger partial charge in [0, 0.05) is 52.4 Å². The lowest BCUT2D eigenvalue weighted by Gasteiger charge is -2.35. The van der Waals surface area contributed by atoms with Crippen molar-refractivity contribution in [1.82, 2.24) is 20.0 Å². The Morgan fingerprint density at radius 1 is 1.12 bits per heavy atom. The van der Waals surface area contributed by atoms with Gasteiger partial charge < -0.3 is 19.9 Å². The molecule has 1 unspecified atom stereocenters. The number of amides is 2. The fourth-order valence-corrected chi connectivity index (χ4v) is 3.63. The molecule has 2 saturated heterocycles. The molecule has 2 heterocycles. The van der Waals surface area contributed by atoms with Gasteiger partial charge in [0.25, 0.3) is 0 Å². The molecule has 0 saturated carbocycles. The van der Waals surface area contributed by atoms with Gasteiger partial charge in [0.2, 0.25) is 0 Å². The van der Waals surface area contributed by atoms with Crippen LogP contribution in [-0.4, -0.2) is 85.8 Å². The van der Waals surface area contributed by atoms with E-state index in [9.17, 15) is 4.79 Å². The van der Waals surface area contributed by atoms with E-state index in [1.165, 1.54) is 5.56 Å². The molecule has 0 aliphatic carbocycles. The highest BCUT2D eigenvalue weighted by Crippen LogP contribution is 2.09. The molecule has 0 spiro atoms. The van der Waals surface area contributed by atoms with E-state index in [2.05, 4.69) is 45.4 Å². The Morgan fingerprint density at radius 3 is 2.58 bits per heavy atom. The van der Waals surface area contributed by atoms with Gasteiger partial charge in [-0.1, -0.05) is 30.3 Å². The largest absolute Gasteiger partial charge is 0.375 e. The lowest BCUT2D eigenvalue weighted by Crippen LogP contribution is -2.49. The minimum absolute atomic E-state index is 0.0489. The Kier molecular flexibility index (Phi) is 7.29. The predicted molar refractivity (Wildman–Crippen MR) is 103 cm³/mol. The van der Waals surface area contributed by atoms with E-state index in [0.29, 0.717) is 19.7 Å². The average molecular weight is 361 g/mol. The van der Waals surface area contributed by atoms with Crippen LogP contribution in [0.15, 0.2) is 30.3 Å². The summed E-state index contributed by atoms with van der Waals surface area (Å²) >= 11 is 0. The molecule has 1 atom stereocenters. The van der Waals surface area contributed by atoms with Crippen LogP contribution in [0.3, 0.4) is 0 Å². The van der Waals surface area contributed by atoms with Gasteiger partial charge in [0.15, 0.2) is 0 Å². The van der Waals surface area contributed by atoms with Gasteiger partial charge in [-0.15, -0.1) is 0 Å². The van der Waals surface area contributed by atoms with Gasteiger partial charge >= 0.3 is 6.03 Å². The van der Waals surface area contributed by atoms with Gasteiger partial charge in [-0.05, 0) is 25.5 Å². The Bertz CT molecular complexity index is 546. The Balaban J connectivity index is 1.26. The molecule has 0 radical (unpaired) electrons. The van der Waals surface area contributed by atoms with Crippen LogP contribution in [-0.2, 0) is 11.3 Å². The van der Waals surface area contributed by atoms with Crippen molar-refractivity contribution in [3.63, 3.8) is 0 Å². The van der Waals surface area contributed by atoms with Gasteiger partial charge in [-0.25, -0.2) is 4.79 Å². The molecule has 1 aromatic carbocycles. The quantitative estimate of drug-likeness (QED) is 0.784. The van der Waals surface area contributed by atoms with E-state index in [4.69, 9.17) is 4.74 Å². The second-order valence-electron chi connectivity index (χ2n) is 7.32. The third kappa shape index (κ3) is 5.97. The number of nitrogens with one attached hydrogen (secondary N) is 1. The molecular formula is C20H32N4O2. The molecule has 0 bridgehead atoms. The van der Waals surface area contributed by atoms with Crippen LogP contribution < -0.4 is 5.32 Å². The molecule has 2 fully saturated rings. The van der Waals surface area contributed by atoms with Crippen LogP contribution in [0.5, 0.6) is 0 Å². The van der Waals surface area contributed by atoms with Crippen molar-refractivity contribution < 1.29 is 9.53 Å². The molecule has 1 aromatic rings. The number of carbonyl (C=O) groups is 1. The average Bonchev–Trinajstić information content (AvgIpc) is 2.67. The standard InChI is InChI=1S/C20H32N4O2/c1-18-16-24(14-15-26-18)20(25)21-8-5-9-22-10-12-23(13-11-22)17-19-6-3-2-4-7-19/h2-4,6-7,18H,5,8-17H2,1H3,(H,21,25). The Labute approximate surface area is 157 Å².